The molecule has 1 aliphatic heterocycles. The number of hydrazine groups is 1. The first kappa shape index (κ1) is 12.5. The fraction of sp³-hybridized carbons (Fsp3) is 0.538. The van der Waals surface area contributed by atoms with Gasteiger partial charge in [-0.25, -0.2) is 10.8 Å². The Morgan fingerprint density at radius 3 is 2.52 bits per heavy atom. The Labute approximate surface area is 122 Å². The molecule has 0 aromatic carbocycles. The van der Waals surface area contributed by atoms with Crippen molar-refractivity contribution >= 4 is 11.9 Å². The Kier molecular flexibility index (Phi) is 2.95. The van der Waals surface area contributed by atoms with E-state index in [1.54, 1.807) is 23.3 Å². The molecule has 4 rings (SSSR count). The molecule has 0 bridgehead atoms. The van der Waals surface area contributed by atoms with Gasteiger partial charge >= 0.3 is 0 Å². The van der Waals surface area contributed by atoms with Crippen LogP contribution in [0.2, 0.25) is 0 Å². The number of nitrogen functional groups attached to an aromatic ring is 1. The van der Waals surface area contributed by atoms with E-state index < -0.39 is 0 Å². The second kappa shape index (κ2) is 4.96. The van der Waals surface area contributed by atoms with E-state index in [0.717, 1.165) is 24.9 Å². The smallest absolute Gasteiger partial charge is 0.243 e. The van der Waals surface area contributed by atoms with Crippen LogP contribution in [0.15, 0.2) is 18.7 Å². The average Bonchev–Trinajstić information content (AvgIpc) is 3.22. The van der Waals surface area contributed by atoms with E-state index in [0.29, 0.717) is 17.8 Å². The number of hydrogen-bond acceptors (Lipinski definition) is 7. The van der Waals surface area contributed by atoms with E-state index in [9.17, 15) is 0 Å². The zero-order chi connectivity index (χ0) is 14.2. The molecule has 3 N–H and O–H groups in total. The topological polar surface area (TPSA) is 97.8 Å². The Bertz CT molecular complexity index is 613. The van der Waals surface area contributed by atoms with Crippen LogP contribution in [-0.2, 0) is 0 Å². The van der Waals surface area contributed by atoms with Gasteiger partial charge in [0, 0.05) is 25.5 Å². The molecule has 2 aromatic rings. The molecule has 2 aromatic heterocycles. The van der Waals surface area contributed by atoms with Crippen molar-refractivity contribution in [2.24, 2.45) is 17.7 Å². The molecule has 1 aliphatic carbocycles. The molecule has 0 radical (unpaired) electrons. The third-order valence-corrected chi connectivity index (χ3v) is 4.49. The molecule has 0 spiro atoms. The van der Waals surface area contributed by atoms with Gasteiger partial charge in [0.1, 0.15) is 6.33 Å². The monoisotopic (exact) mass is 286 g/mol. The summed E-state index contributed by atoms with van der Waals surface area (Å²) in [6, 6.07) is 0. The number of aromatic nitrogens is 5. The van der Waals surface area contributed by atoms with Crippen molar-refractivity contribution in [3.8, 4) is 5.95 Å². The summed E-state index contributed by atoms with van der Waals surface area (Å²) >= 11 is 0. The van der Waals surface area contributed by atoms with Crippen LogP contribution in [0.5, 0.6) is 0 Å². The fourth-order valence-corrected chi connectivity index (χ4v) is 3.45. The van der Waals surface area contributed by atoms with E-state index >= 15 is 0 Å². The third-order valence-electron chi connectivity index (χ3n) is 4.49. The molecule has 2 aliphatic rings. The zero-order valence-corrected chi connectivity index (χ0v) is 11.7. The summed E-state index contributed by atoms with van der Waals surface area (Å²) in [5, 5.41) is 0. The lowest BCUT2D eigenvalue weighted by Gasteiger charge is -2.18. The van der Waals surface area contributed by atoms with Gasteiger partial charge < -0.3 is 4.90 Å². The predicted molar refractivity (Wildman–Crippen MR) is 77.8 cm³/mol. The number of nitrogens with one attached hydrogen (secondary N) is 1. The Hall–Kier alpha value is -2.22. The molecule has 0 amide bonds. The van der Waals surface area contributed by atoms with Crippen LogP contribution in [0.25, 0.3) is 5.95 Å². The summed E-state index contributed by atoms with van der Waals surface area (Å²) in [6.45, 7) is 2.06. The molecular weight excluding hydrogens is 268 g/mol. The molecule has 2 fully saturated rings. The van der Waals surface area contributed by atoms with Gasteiger partial charge in [-0.05, 0) is 24.7 Å². The van der Waals surface area contributed by atoms with E-state index in [-0.39, 0.29) is 0 Å². The van der Waals surface area contributed by atoms with Crippen LogP contribution in [0.1, 0.15) is 19.3 Å². The van der Waals surface area contributed by atoms with Gasteiger partial charge in [0.05, 0.1) is 0 Å². The van der Waals surface area contributed by atoms with Gasteiger partial charge in [0.15, 0.2) is 0 Å². The summed E-state index contributed by atoms with van der Waals surface area (Å²) in [5.74, 6) is 8.65. The van der Waals surface area contributed by atoms with Crippen molar-refractivity contribution in [2.45, 2.75) is 19.3 Å². The first-order valence-corrected chi connectivity index (χ1v) is 7.29. The summed E-state index contributed by atoms with van der Waals surface area (Å²) in [5.41, 5.74) is 2.52. The lowest BCUT2D eigenvalue weighted by molar-refractivity contribution is 0.494. The van der Waals surface area contributed by atoms with Crippen LogP contribution < -0.4 is 16.2 Å². The Morgan fingerprint density at radius 2 is 1.86 bits per heavy atom. The van der Waals surface area contributed by atoms with Gasteiger partial charge in [-0.3, -0.25) is 9.99 Å². The maximum atomic E-state index is 5.49. The summed E-state index contributed by atoms with van der Waals surface area (Å²) in [4.78, 5) is 19.5. The zero-order valence-electron chi connectivity index (χ0n) is 11.7. The highest BCUT2D eigenvalue weighted by molar-refractivity contribution is 5.41. The first-order chi connectivity index (χ1) is 10.3. The summed E-state index contributed by atoms with van der Waals surface area (Å²) in [7, 11) is 0. The van der Waals surface area contributed by atoms with Crippen molar-refractivity contribution in [3.05, 3.63) is 18.7 Å². The molecule has 1 saturated heterocycles. The first-order valence-electron chi connectivity index (χ1n) is 7.29. The number of rotatable bonds is 3. The van der Waals surface area contributed by atoms with Crippen molar-refractivity contribution in [1.29, 1.82) is 0 Å². The number of nitrogens with zero attached hydrogens (tertiary/aromatic N) is 6. The molecule has 110 valence electrons. The molecule has 8 nitrogen and oxygen atoms in total. The number of imidazole rings is 1. The maximum absolute atomic E-state index is 5.49. The van der Waals surface area contributed by atoms with Gasteiger partial charge in [-0.2, -0.15) is 15.0 Å². The lowest BCUT2D eigenvalue weighted by Crippen LogP contribution is -2.25. The van der Waals surface area contributed by atoms with E-state index in [2.05, 4.69) is 30.3 Å². The molecule has 2 atom stereocenters. The molecule has 2 unspecified atom stereocenters. The van der Waals surface area contributed by atoms with Gasteiger partial charge in [-0.15, -0.1) is 0 Å². The highest BCUT2D eigenvalue weighted by Crippen LogP contribution is 2.38. The largest absolute Gasteiger partial charge is 0.340 e. The van der Waals surface area contributed by atoms with Crippen LogP contribution in [0.4, 0.5) is 11.9 Å². The third kappa shape index (κ3) is 2.21. The minimum Gasteiger partial charge on any atom is -0.340 e. The van der Waals surface area contributed by atoms with E-state index in [4.69, 9.17) is 5.84 Å². The van der Waals surface area contributed by atoms with E-state index in [1.807, 2.05) is 0 Å². The molecule has 21 heavy (non-hydrogen) atoms. The van der Waals surface area contributed by atoms with Crippen LogP contribution in [-0.4, -0.2) is 37.6 Å². The van der Waals surface area contributed by atoms with Gasteiger partial charge in [0.2, 0.25) is 17.8 Å². The van der Waals surface area contributed by atoms with Crippen molar-refractivity contribution in [1.82, 2.24) is 24.5 Å². The van der Waals surface area contributed by atoms with E-state index in [1.165, 1.54) is 19.3 Å². The number of fused-ring (bicyclic) bond motifs is 1. The average molecular weight is 286 g/mol. The quantitative estimate of drug-likeness (QED) is 0.629. The Morgan fingerprint density at radius 1 is 1.10 bits per heavy atom. The van der Waals surface area contributed by atoms with Crippen LogP contribution >= 0.6 is 0 Å². The normalized spacial score (nSPS) is 24.3. The highest BCUT2D eigenvalue weighted by atomic mass is 15.4. The van der Waals surface area contributed by atoms with Gasteiger partial charge in [0.25, 0.3) is 0 Å². The molecule has 8 heteroatoms. The number of nitrogens with two attached hydrogens (primary N) is 1. The SMILES string of the molecule is NNc1nc(N2CC3CCCC3C2)nc(-n2ccnc2)n1. The summed E-state index contributed by atoms with van der Waals surface area (Å²) in [6.07, 6.45) is 9.16. The molecule has 3 heterocycles. The fourth-order valence-electron chi connectivity index (χ4n) is 3.45. The predicted octanol–water partition coefficient (Wildman–Crippen LogP) is 0.579. The highest BCUT2D eigenvalue weighted by Gasteiger charge is 2.37. The van der Waals surface area contributed by atoms with Crippen molar-refractivity contribution in [2.75, 3.05) is 23.4 Å². The lowest BCUT2D eigenvalue weighted by atomic mass is 10.0. The summed E-state index contributed by atoms with van der Waals surface area (Å²) < 4.78 is 1.75. The Balaban J connectivity index is 1.67. The second-order valence-corrected chi connectivity index (χ2v) is 5.73. The number of hydrogen-bond donors (Lipinski definition) is 2. The number of anilines is 2. The standard InChI is InChI=1S/C13H18N8/c14-19-11-16-12(20-5-4-15-8-20)18-13(17-11)21-6-9-2-1-3-10(9)7-21/h4-5,8-10H,1-3,6-7,14H2,(H,16,17,18,19). The second-order valence-electron chi connectivity index (χ2n) is 5.73. The minimum atomic E-state index is 0.376. The van der Waals surface area contributed by atoms with Crippen molar-refractivity contribution < 1.29 is 0 Å². The van der Waals surface area contributed by atoms with Crippen LogP contribution in [0.3, 0.4) is 0 Å². The van der Waals surface area contributed by atoms with Crippen molar-refractivity contribution in [3.63, 3.8) is 0 Å². The maximum Gasteiger partial charge on any atom is 0.243 e. The van der Waals surface area contributed by atoms with Gasteiger partial charge in [-0.1, -0.05) is 6.42 Å². The molecular formula is C13H18N8. The molecule has 1 saturated carbocycles. The van der Waals surface area contributed by atoms with Crippen LogP contribution in [0, 0.1) is 11.8 Å². The minimum absolute atomic E-state index is 0.376.